The molecule has 33 heavy (non-hydrogen) atoms. The van der Waals surface area contributed by atoms with Gasteiger partial charge in [-0.25, -0.2) is 4.79 Å². The van der Waals surface area contributed by atoms with E-state index in [2.05, 4.69) is 4.90 Å². The van der Waals surface area contributed by atoms with Crippen LogP contribution < -0.4 is 9.64 Å². The molecular weight excluding hydrogens is 460 g/mol. The van der Waals surface area contributed by atoms with Crippen LogP contribution >= 0.6 is 23.4 Å². The number of methoxy groups -OCH3 is 2. The number of halogens is 1. The molecule has 0 aliphatic carbocycles. The fraction of sp³-hybridized carbons (Fsp3) is 0.440. The zero-order chi connectivity index (χ0) is 23.4. The Morgan fingerprint density at radius 3 is 2.61 bits per heavy atom. The van der Waals surface area contributed by atoms with Gasteiger partial charge in [-0.05, 0) is 61.8 Å². The lowest BCUT2D eigenvalue weighted by Gasteiger charge is -2.41. The first kappa shape index (κ1) is 23.9. The summed E-state index contributed by atoms with van der Waals surface area (Å²) in [5, 5.41) is 0.562. The number of hydrogen-bond acceptors (Lipinski definition) is 6. The SMILES string of the molecule is COC(=O)C1(Cc2cccc(OC)c2)Sc2cc(Cl)ccc2N(CCN2CCCCC2)C1=O. The smallest absolute Gasteiger partial charge is 0.332 e. The van der Waals surface area contributed by atoms with Gasteiger partial charge >= 0.3 is 5.97 Å². The second kappa shape index (κ2) is 10.4. The molecule has 2 aromatic rings. The van der Waals surface area contributed by atoms with Gasteiger partial charge in [0.25, 0.3) is 5.91 Å². The van der Waals surface area contributed by atoms with E-state index >= 15 is 0 Å². The highest BCUT2D eigenvalue weighted by Gasteiger charge is 2.54. The minimum Gasteiger partial charge on any atom is -0.497 e. The van der Waals surface area contributed by atoms with Crippen LogP contribution in [0.4, 0.5) is 5.69 Å². The highest BCUT2D eigenvalue weighted by molar-refractivity contribution is 8.02. The third kappa shape index (κ3) is 5.00. The van der Waals surface area contributed by atoms with Crippen LogP contribution in [-0.4, -0.2) is 61.9 Å². The van der Waals surface area contributed by atoms with Crippen LogP contribution in [0.1, 0.15) is 24.8 Å². The number of ether oxygens (including phenoxy) is 2. The van der Waals surface area contributed by atoms with Crippen LogP contribution in [0.15, 0.2) is 47.4 Å². The molecule has 0 spiro atoms. The molecule has 0 N–H and O–H groups in total. The molecule has 6 nitrogen and oxygen atoms in total. The molecule has 176 valence electrons. The average Bonchev–Trinajstić information content (AvgIpc) is 2.84. The minimum atomic E-state index is -1.44. The summed E-state index contributed by atoms with van der Waals surface area (Å²) in [6.45, 7) is 3.34. The number of carbonyl (C=O) groups is 2. The third-order valence-electron chi connectivity index (χ3n) is 6.28. The van der Waals surface area contributed by atoms with E-state index in [1.807, 2.05) is 36.4 Å². The van der Waals surface area contributed by atoms with E-state index < -0.39 is 10.7 Å². The fourth-order valence-corrected chi connectivity index (χ4v) is 6.23. The lowest BCUT2D eigenvalue weighted by Crippen LogP contribution is -2.57. The Kier molecular flexibility index (Phi) is 7.51. The van der Waals surface area contributed by atoms with Crippen molar-refractivity contribution in [3.63, 3.8) is 0 Å². The number of piperidine rings is 1. The number of nitrogens with zero attached hydrogens (tertiary/aromatic N) is 2. The predicted octanol–water partition coefficient (Wildman–Crippen LogP) is 4.43. The first-order chi connectivity index (χ1) is 16.0. The summed E-state index contributed by atoms with van der Waals surface area (Å²) in [5.41, 5.74) is 1.61. The predicted molar refractivity (Wildman–Crippen MR) is 131 cm³/mol. The van der Waals surface area contributed by atoms with Crippen molar-refractivity contribution in [3.8, 4) is 5.75 Å². The second-order valence-corrected chi connectivity index (χ2v) is 10.2. The van der Waals surface area contributed by atoms with Crippen molar-refractivity contribution in [1.29, 1.82) is 0 Å². The molecule has 1 saturated heterocycles. The van der Waals surface area contributed by atoms with Gasteiger partial charge in [-0.15, -0.1) is 0 Å². The Morgan fingerprint density at radius 1 is 1.09 bits per heavy atom. The summed E-state index contributed by atoms with van der Waals surface area (Å²) >= 11 is 7.54. The van der Waals surface area contributed by atoms with Crippen molar-refractivity contribution < 1.29 is 19.1 Å². The van der Waals surface area contributed by atoms with Crippen LogP contribution in [-0.2, 0) is 20.7 Å². The lowest BCUT2D eigenvalue weighted by molar-refractivity contribution is -0.147. The van der Waals surface area contributed by atoms with E-state index in [9.17, 15) is 9.59 Å². The summed E-state index contributed by atoms with van der Waals surface area (Å²) in [4.78, 5) is 32.2. The maximum atomic E-state index is 14.0. The number of esters is 1. The summed E-state index contributed by atoms with van der Waals surface area (Å²) < 4.78 is 9.10. The van der Waals surface area contributed by atoms with Crippen molar-refractivity contribution in [2.75, 3.05) is 45.3 Å². The molecule has 0 saturated carbocycles. The molecule has 1 unspecified atom stereocenters. The molecule has 4 rings (SSSR count). The van der Waals surface area contributed by atoms with Crippen LogP contribution in [0.5, 0.6) is 5.75 Å². The number of rotatable bonds is 7. The van der Waals surface area contributed by atoms with Crippen molar-refractivity contribution in [2.24, 2.45) is 0 Å². The van der Waals surface area contributed by atoms with Crippen molar-refractivity contribution in [2.45, 2.75) is 35.3 Å². The van der Waals surface area contributed by atoms with Crippen LogP contribution in [0.2, 0.25) is 5.02 Å². The van der Waals surface area contributed by atoms with Gasteiger partial charge in [-0.2, -0.15) is 0 Å². The number of amides is 1. The van der Waals surface area contributed by atoms with E-state index in [4.69, 9.17) is 21.1 Å². The Bertz CT molecular complexity index is 1030. The van der Waals surface area contributed by atoms with Crippen LogP contribution in [0.3, 0.4) is 0 Å². The first-order valence-electron chi connectivity index (χ1n) is 11.2. The van der Waals surface area contributed by atoms with E-state index in [1.54, 1.807) is 18.1 Å². The molecule has 0 radical (unpaired) electrons. The molecule has 8 heteroatoms. The maximum absolute atomic E-state index is 14.0. The fourth-order valence-electron chi connectivity index (χ4n) is 4.55. The standard InChI is InChI=1S/C25H29ClN2O4S/c1-31-20-8-6-7-18(15-20)17-25(24(30)32-2)23(29)28(14-13-27-11-4-3-5-12-27)21-10-9-19(26)16-22(21)33-25/h6-10,15-16H,3-5,11-14,17H2,1-2H3. The molecule has 0 aromatic heterocycles. The van der Waals surface area contributed by atoms with Crippen LogP contribution in [0, 0.1) is 0 Å². The Balaban J connectivity index is 1.72. The normalized spacial score (nSPS) is 20.9. The summed E-state index contributed by atoms with van der Waals surface area (Å²) in [7, 11) is 2.92. The number of likely N-dealkylation sites (tertiary alicyclic amines) is 1. The molecule has 2 heterocycles. The number of hydrogen-bond donors (Lipinski definition) is 0. The zero-order valence-electron chi connectivity index (χ0n) is 19.0. The van der Waals surface area contributed by atoms with E-state index in [1.165, 1.54) is 38.1 Å². The largest absolute Gasteiger partial charge is 0.497 e. The van der Waals surface area contributed by atoms with Crippen molar-refractivity contribution >= 4 is 40.9 Å². The van der Waals surface area contributed by atoms with Gasteiger partial charge in [0.2, 0.25) is 4.75 Å². The Labute approximate surface area is 204 Å². The molecule has 1 atom stereocenters. The maximum Gasteiger partial charge on any atom is 0.332 e. The Hall–Kier alpha value is -2.22. The van der Waals surface area contributed by atoms with E-state index in [0.29, 0.717) is 17.3 Å². The Morgan fingerprint density at radius 2 is 1.88 bits per heavy atom. The van der Waals surface area contributed by atoms with Gasteiger partial charge in [-0.1, -0.05) is 41.9 Å². The quantitative estimate of drug-likeness (QED) is 0.424. The highest BCUT2D eigenvalue weighted by atomic mass is 35.5. The summed E-state index contributed by atoms with van der Waals surface area (Å²) in [6, 6.07) is 12.9. The number of anilines is 1. The minimum absolute atomic E-state index is 0.187. The zero-order valence-corrected chi connectivity index (χ0v) is 20.6. The van der Waals surface area contributed by atoms with Gasteiger partial charge < -0.3 is 19.3 Å². The van der Waals surface area contributed by atoms with E-state index in [0.717, 1.165) is 35.8 Å². The van der Waals surface area contributed by atoms with Gasteiger partial charge in [0, 0.05) is 29.4 Å². The topological polar surface area (TPSA) is 59.1 Å². The number of fused-ring (bicyclic) bond motifs is 1. The summed E-state index contributed by atoms with van der Waals surface area (Å²) in [6.07, 6.45) is 3.80. The van der Waals surface area contributed by atoms with Gasteiger partial charge in [0.15, 0.2) is 0 Å². The number of carbonyl (C=O) groups excluding carboxylic acids is 2. The number of thioether (sulfide) groups is 1. The monoisotopic (exact) mass is 488 g/mol. The molecular formula is C25H29ClN2O4S. The average molecular weight is 489 g/mol. The lowest BCUT2D eigenvalue weighted by atomic mass is 9.95. The molecule has 2 aliphatic rings. The third-order valence-corrected chi connectivity index (χ3v) is 7.89. The van der Waals surface area contributed by atoms with Gasteiger partial charge in [0.1, 0.15) is 5.75 Å². The molecule has 1 amide bonds. The number of benzene rings is 2. The van der Waals surface area contributed by atoms with Gasteiger partial charge in [0.05, 0.1) is 19.9 Å². The first-order valence-corrected chi connectivity index (χ1v) is 12.4. The van der Waals surface area contributed by atoms with Gasteiger partial charge in [-0.3, -0.25) is 4.79 Å². The molecule has 0 bridgehead atoms. The molecule has 1 fully saturated rings. The molecule has 2 aromatic carbocycles. The van der Waals surface area contributed by atoms with Crippen LogP contribution in [0.25, 0.3) is 0 Å². The summed E-state index contributed by atoms with van der Waals surface area (Å²) in [5.74, 6) is -0.144. The van der Waals surface area contributed by atoms with E-state index in [-0.39, 0.29) is 12.3 Å². The van der Waals surface area contributed by atoms with Crippen molar-refractivity contribution in [3.05, 3.63) is 53.1 Å². The van der Waals surface area contributed by atoms with Crippen molar-refractivity contribution in [1.82, 2.24) is 4.90 Å². The second-order valence-electron chi connectivity index (χ2n) is 8.42. The molecule has 2 aliphatic heterocycles. The highest BCUT2D eigenvalue weighted by Crippen LogP contribution is 2.48.